The number of rotatable bonds is 10. The van der Waals surface area contributed by atoms with Crippen molar-refractivity contribution in [2.75, 3.05) is 6.54 Å². The Labute approximate surface area is 133 Å². The Morgan fingerprint density at radius 2 is 1.95 bits per heavy atom. The second-order valence-corrected chi connectivity index (χ2v) is 7.03. The number of halogens is 1. The molecule has 1 unspecified atom stereocenters. The molecule has 1 nitrogen and oxygen atoms in total. The van der Waals surface area contributed by atoms with Gasteiger partial charge in [0.05, 0.1) is 0 Å². The van der Waals surface area contributed by atoms with Gasteiger partial charge in [0, 0.05) is 10.5 Å². The van der Waals surface area contributed by atoms with Crippen LogP contribution in [-0.4, -0.2) is 12.6 Å². The lowest BCUT2D eigenvalue weighted by atomic mass is 9.93. The van der Waals surface area contributed by atoms with E-state index in [1.807, 2.05) is 0 Å². The Morgan fingerprint density at radius 1 is 1.15 bits per heavy atom. The lowest BCUT2D eigenvalue weighted by molar-refractivity contribution is 0.404. The predicted octanol–water partition coefficient (Wildman–Crippen LogP) is 5.58. The minimum Gasteiger partial charge on any atom is -0.314 e. The van der Waals surface area contributed by atoms with Crippen molar-refractivity contribution in [2.45, 2.75) is 65.3 Å². The van der Waals surface area contributed by atoms with Crippen LogP contribution in [0.25, 0.3) is 0 Å². The molecular weight excluding hydrogens is 310 g/mol. The number of unbranched alkanes of at least 4 members (excludes halogenated alkanes) is 3. The number of hydrogen-bond donors (Lipinski definition) is 1. The normalized spacial score (nSPS) is 12.8. The van der Waals surface area contributed by atoms with E-state index in [0.717, 1.165) is 12.5 Å². The van der Waals surface area contributed by atoms with Gasteiger partial charge in [-0.25, -0.2) is 0 Å². The van der Waals surface area contributed by atoms with Crippen molar-refractivity contribution in [3.8, 4) is 0 Å². The summed E-state index contributed by atoms with van der Waals surface area (Å²) in [5.41, 5.74) is 1.45. The van der Waals surface area contributed by atoms with E-state index in [-0.39, 0.29) is 0 Å². The quantitative estimate of drug-likeness (QED) is 0.549. The molecule has 1 aromatic rings. The molecule has 0 aromatic heterocycles. The minimum absolute atomic E-state index is 0.579. The van der Waals surface area contributed by atoms with Gasteiger partial charge in [-0.15, -0.1) is 0 Å². The third kappa shape index (κ3) is 8.06. The SMILES string of the molecule is CCCCCCC(CNC(C)C)Cc1cccc(Br)c1. The molecule has 1 aromatic carbocycles. The van der Waals surface area contributed by atoms with Gasteiger partial charge in [-0.2, -0.15) is 0 Å². The second kappa shape index (κ2) is 10.4. The zero-order valence-corrected chi connectivity index (χ0v) is 14.9. The summed E-state index contributed by atoms with van der Waals surface area (Å²) >= 11 is 3.57. The molecule has 0 saturated heterocycles. The van der Waals surface area contributed by atoms with Crippen molar-refractivity contribution in [3.05, 3.63) is 34.3 Å². The number of benzene rings is 1. The lowest BCUT2D eigenvalue weighted by Crippen LogP contribution is -2.30. The van der Waals surface area contributed by atoms with Crippen molar-refractivity contribution in [1.82, 2.24) is 5.32 Å². The van der Waals surface area contributed by atoms with Crippen LogP contribution in [-0.2, 0) is 6.42 Å². The van der Waals surface area contributed by atoms with E-state index in [0.29, 0.717) is 6.04 Å². The fourth-order valence-corrected chi connectivity index (χ4v) is 2.98. The van der Waals surface area contributed by atoms with E-state index < -0.39 is 0 Å². The first-order valence-corrected chi connectivity index (χ1v) is 8.89. The smallest absolute Gasteiger partial charge is 0.0177 e. The Balaban J connectivity index is 2.47. The largest absolute Gasteiger partial charge is 0.314 e. The van der Waals surface area contributed by atoms with E-state index in [1.54, 1.807) is 0 Å². The third-order valence-electron chi connectivity index (χ3n) is 3.69. The van der Waals surface area contributed by atoms with Gasteiger partial charge in [0.25, 0.3) is 0 Å². The molecule has 0 amide bonds. The molecule has 1 rings (SSSR count). The first-order chi connectivity index (χ1) is 9.61. The zero-order valence-electron chi connectivity index (χ0n) is 13.3. The van der Waals surface area contributed by atoms with Crippen molar-refractivity contribution in [3.63, 3.8) is 0 Å². The fourth-order valence-electron chi connectivity index (χ4n) is 2.54. The van der Waals surface area contributed by atoms with E-state index in [2.05, 4.69) is 66.3 Å². The van der Waals surface area contributed by atoms with Crippen LogP contribution < -0.4 is 5.32 Å². The Kier molecular flexibility index (Phi) is 9.21. The standard InChI is InChI=1S/C18H30BrN/c1-4-5-6-7-9-17(14-20-15(2)3)12-16-10-8-11-18(19)13-16/h8,10-11,13,15,17,20H,4-7,9,12,14H2,1-3H3. The molecule has 0 saturated carbocycles. The average Bonchev–Trinajstić information content (AvgIpc) is 2.40. The fraction of sp³-hybridized carbons (Fsp3) is 0.667. The number of hydrogen-bond acceptors (Lipinski definition) is 1. The molecule has 0 fully saturated rings. The second-order valence-electron chi connectivity index (χ2n) is 6.11. The molecule has 114 valence electrons. The van der Waals surface area contributed by atoms with Gasteiger partial charge in [-0.05, 0) is 43.0 Å². The highest BCUT2D eigenvalue weighted by atomic mass is 79.9. The van der Waals surface area contributed by atoms with E-state index in [4.69, 9.17) is 0 Å². The molecule has 0 spiro atoms. The van der Waals surface area contributed by atoms with Gasteiger partial charge in [-0.1, -0.05) is 74.5 Å². The summed E-state index contributed by atoms with van der Waals surface area (Å²) in [6.45, 7) is 7.87. The monoisotopic (exact) mass is 339 g/mol. The lowest BCUT2D eigenvalue weighted by Gasteiger charge is -2.19. The van der Waals surface area contributed by atoms with Gasteiger partial charge < -0.3 is 5.32 Å². The van der Waals surface area contributed by atoms with Crippen LogP contribution in [0, 0.1) is 5.92 Å². The highest BCUT2D eigenvalue weighted by molar-refractivity contribution is 9.10. The van der Waals surface area contributed by atoms with Gasteiger partial charge in [0.15, 0.2) is 0 Å². The van der Waals surface area contributed by atoms with E-state index in [1.165, 1.54) is 48.6 Å². The van der Waals surface area contributed by atoms with Crippen LogP contribution in [0.15, 0.2) is 28.7 Å². The molecular formula is C18H30BrN. The molecule has 1 N–H and O–H groups in total. The number of nitrogens with one attached hydrogen (secondary N) is 1. The molecule has 0 aliphatic heterocycles. The average molecular weight is 340 g/mol. The molecule has 0 heterocycles. The molecule has 0 bridgehead atoms. The van der Waals surface area contributed by atoms with Crippen LogP contribution >= 0.6 is 15.9 Å². The van der Waals surface area contributed by atoms with Gasteiger partial charge in [0.1, 0.15) is 0 Å². The van der Waals surface area contributed by atoms with Crippen LogP contribution in [0.1, 0.15) is 58.4 Å². The predicted molar refractivity (Wildman–Crippen MR) is 93.2 cm³/mol. The van der Waals surface area contributed by atoms with Crippen molar-refractivity contribution in [1.29, 1.82) is 0 Å². The van der Waals surface area contributed by atoms with Crippen LogP contribution in [0.5, 0.6) is 0 Å². The van der Waals surface area contributed by atoms with Crippen molar-refractivity contribution >= 4 is 15.9 Å². The van der Waals surface area contributed by atoms with Crippen LogP contribution in [0.3, 0.4) is 0 Å². The Morgan fingerprint density at radius 3 is 2.60 bits per heavy atom. The minimum atomic E-state index is 0.579. The van der Waals surface area contributed by atoms with Gasteiger partial charge >= 0.3 is 0 Å². The summed E-state index contributed by atoms with van der Waals surface area (Å²) in [4.78, 5) is 0. The summed E-state index contributed by atoms with van der Waals surface area (Å²) in [7, 11) is 0. The summed E-state index contributed by atoms with van der Waals surface area (Å²) in [5.74, 6) is 0.753. The first-order valence-electron chi connectivity index (χ1n) is 8.09. The highest BCUT2D eigenvalue weighted by Crippen LogP contribution is 2.19. The third-order valence-corrected chi connectivity index (χ3v) is 4.19. The van der Waals surface area contributed by atoms with E-state index in [9.17, 15) is 0 Å². The molecule has 2 heteroatoms. The maximum absolute atomic E-state index is 3.61. The topological polar surface area (TPSA) is 12.0 Å². The van der Waals surface area contributed by atoms with Gasteiger partial charge in [0.2, 0.25) is 0 Å². The molecule has 0 aliphatic rings. The zero-order chi connectivity index (χ0) is 14.8. The Hall–Kier alpha value is -0.340. The molecule has 0 radical (unpaired) electrons. The molecule has 0 aliphatic carbocycles. The highest BCUT2D eigenvalue weighted by Gasteiger charge is 2.10. The molecule has 20 heavy (non-hydrogen) atoms. The van der Waals surface area contributed by atoms with Crippen LogP contribution in [0.4, 0.5) is 0 Å². The maximum Gasteiger partial charge on any atom is 0.0177 e. The first kappa shape index (κ1) is 17.7. The summed E-state index contributed by atoms with van der Waals surface area (Å²) in [6.07, 6.45) is 7.97. The van der Waals surface area contributed by atoms with Crippen molar-refractivity contribution in [2.24, 2.45) is 5.92 Å². The van der Waals surface area contributed by atoms with Crippen LogP contribution in [0.2, 0.25) is 0 Å². The summed E-state index contributed by atoms with van der Waals surface area (Å²) < 4.78 is 1.19. The molecule has 1 atom stereocenters. The van der Waals surface area contributed by atoms with E-state index >= 15 is 0 Å². The van der Waals surface area contributed by atoms with Crippen molar-refractivity contribution < 1.29 is 0 Å². The summed E-state index contributed by atoms with van der Waals surface area (Å²) in [6, 6.07) is 9.33. The Bertz CT molecular complexity index is 362. The van der Waals surface area contributed by atoms with Gasteiger partial charge in [-0.3, -0.25) is 0 Å². The maximum atomic E-state index is 3.61. The summed E-state index contributed by atoms with van der Waals surface area (Å²) in [5, 5.41) is 3.61.